The molecular formula is C21H29FIN5O. The van der Waals surface area contributed by atoms with Crippen molar-refractivity contribution in [1.82, 2.24) is 20.5 Å². The van der Waals surface area contributed by atoms with E-state index in [4.69, 9.17) is 4.74 Å². The summed E-state index contributed by atoms with van der Waals surface area (Å²) in [5.74, 6) is 1.16. The van der Waals surface area contributed by atoms with Crippen molar-refractivity contribution < 1.29 is 9.13 Å². The van der Waals surface area contributed by atoms with Crippen LogP contribution < -0.4 is 15.4 Å². The molecule has 2 N–H and O–H groups in total. The summed E-state index contributed by atoms with van der Waals surface area (Å²) in [7, 11) is 3.39. The van der Waals surface area contributed by atoms with Crippen LogP contribution in [0.25, 0.3) is 0 Å². The molecule has 1 aliphatic rings. The molecule has 0 saturated carbocycles. The summed E-state index contributed by atoms with van der Waals surface area (Å²) < 4.78 is 19.2. The topological polar surface area (TPSA) is 61.8 Å². The van der Waals surface area contributed by atoms with Crippen molar-refractivity contribution >= 4 is 29.9 Å². The molecule has 2 aromatic rings. The third-order valence-corrected chi connectivity index (χ3v) is 5.00. The third kappa shape index (κ3) is 6.53. The lowest BCUT2D eigenvalue weighted by atomic mass is 10.1. The Labute approximate surface area is 189 Å². The molecule has 1 saturated heterocycles. The molecule has 0 spiro atoms. The van der Waals surface area contributed by atoms with E-state index in [2.05, 4.69) is 37.6 Å². The molecule has 29 heavy (non-hydrogen) atoms. The Bertz CT molecular complexity index is 798. The molecule has 1 aromatic heterocycles. The van der Waals surface area contributed by atoms with E-state index in [1.54, 1.807) is 26.4 Å². The molecule has 0 radical (unpaired) electrons. The highest BCUT2D eigenvalue weighted by Crippen LogP contribution is 2.27. The molecule has 1 aromatic carbocycles. The summed E-state index contributed by atoms with van der Waals surface area (Å²) in [4.78, 5) is 10.8. The number of guanidine groups is 1. The molecule has 1 atom stereocenters. The van der Waals surface area contributed by atoms with Crippen molar-refractivity contribution in [3.05, 3.63) is 59.7 Å². The van der Waals surface area contributed by atoms with Crippen LogP contribution >= 0.6 is 24.0 Å². The lowest BCUT2D eigenvalue weighted by Gasteiger charge is -2.29. The first-order chi connectivity index (χ1) is 13.7. The standard InChI is InChI=1S/C21H28FN5O.HI/c1-23-21(25-14-19-18(22)9-6-10-24-19)26-15-20(27-11-3-4-12-27)16-7-5-8-17(13-16)28-2;/h5-10,13,20H,3-4,11-12,14-15H2,1-2H3,(H2,23,25,26);1H. The van der Waals surface area contributed by atoms with E-state index in [1.165, 1.54) is 24.5 Å². The number of rotatable bonds is 7. The Balaban J connectivity index is 0.00000300. The number of benzene rings is 1. The van der Waals surface area contributed by atoms with Gasteiger partial charge in [-0.2, -0.15) is 0 Å². The van der Waals surface area contributed by atoms with Gasteiger partial charge < -0.3 is 15.4 Å². The molecule has 3 rings (SSSR count). The average Bonchev–Trinajstić information content (AvgIpc) is 3.26. The zero-order valence-electron chi connectivity index (χ0n) is 16.9. The van der Waals surface area contributed by atoms with Gasteiger partial charge in [0.05, 0.1) is 25.4 Å². The molecule has 6 nitrogen and oxygen atoms in total. The van der Waals surface area contributed by atoms with Crippen LogP contribution in [0.2, 0.25) is 0 Å². The summed E-state index contributed by atoms with van der Waals surface area (Å²) >= 11 is 0. The number of ether oxygens (including phenoxy) is 1. The number of nitrogens with zero attached hydrogens (tertiary/aromatic N) is 3. The van der Waals surface area contributed by atoms with Gasteiger partial charge in [-0.25, -0.2) is 4.39 Å². The maximum Gasteiger partial charge on any atom is 0.191 e. The van der Waals surface area contributed by atoms with Crippen molar-refractivity contribution in [3.8, 4) is 5.75 Å². The first-order valence-electron chi connectivity index (χ1n) is 9.63. The van der Waals surface area contributed by atoms with Crippen molar-refractivity contribution in [2.75, 3.05) is 33.8 Å². The van der Waals surface area contributed by atoms with Gasteiger partial charge in [-0.05, 0) is 55.8 Å². The zero-order chi connectivity index (χ0) is 19.8. The number of hydrogen-bond acceptors (Lipinski definition) is 4. The fraction of sp³-hybridized carbons (Fsp3) is 0.429. The highest BCUT2D eigenvalue weighted by atomic mass is 127. The summed E-state index contributed by atoms with van der Waals surface area (Å²) in [5, 5.41) is 6.52. The van der Waals surface area contributed by atoms with Crippen LogP contribution in [0.4, 0.5) is 4.39 Å². The number of hydrogen-bond donors (Lipinski definition) is 2. The molecule has 2 heterocycles. The number of nitrogens with one attached hydrogen (secondary N) is 2. The predicted molar refractivity (Wildman–Crippen MR) is 124 cm³/mol. The number of aliphatic imine (C=N–C) groups is 1. The minimum Gasteiger partial charge on any atom is -0.497 e. The molecule has 8 heteroatoms. The second-order valence-corrected chi connectivity index (χ2v) is 6.77. The monoisotopic (exact) mass is 513 g/mol. The van der Waals surface area contributed by atoms with E-state index in [9.17, 15) is 4.39 Å². The second-order valence-electron chi connectivity index (χ2n) is 6.77. The predicted octanol–water partition coefficient (Wildman–Crippen LogP) is 3.35. The smallest absolute Gasteiger partial charge is 0.191 e. The van der Waals surface area contributed by atoms with Crippen molar-refractivity contribution in [3.63, 3.8) is 0 Å². The van der Waals surface area contributed by atoms with Gasteiger partial charge in [-0.15, -0.1) is 24.0 Å². The van der Waals surface area contributed by atoms with E-state index in [-0.39, 0.29) is 42.4 Å². The molecule has 1 fully saturated rings. The second kappa shape index (κ2) is 11.9. The highest BCUT2D eigenvalue weighted by Gasteiger charge is 2.24. The molecule has 1 aliphatic heterocycles. The largest absolute Gasteiger partial charge is 0.497 e. The average molecular weight is 513 g/mol. The lowest BCUT2D eigenvalue weighted by molar-refractivity contribution is 0.245. The van der Waals surface area contributed by atoms with Crippen molar-refractivity contribution in [2.24, 2.45) is 4.99 Å². The van der Waals surface area contributed by atoms with Crippen molar-refractivity contribution in [2.45, 2.75) is 25.4 Å². The van der Waals surface area contributed by atoms with Crippen LogP contribution in [-0.2, 0) is 6.54 Å². The van der Waals surface area contributed by atoms with Gasteiger partial charge in [0, 0.05) is 19.8 Å². The Hall–Kier alpha value is -1.94. The first-order valence-corrected chi connectivity index (χ1v) is 9.63. The molecule has 158 valence electrons. The van der Waals surface area contributed by atoms with Gasteiger partial charge in [-0.3, -0.25) is 14.9 Å². The normalized spacial score (nSPS) is 15.5. The minimum absolute atomic E-state index is 0. The number of halogens is 2. The van der Waals surface area contributed by atoms with Gasteiger partial charge in [0.25, 0.3) is 0 Å². The quantitative estimate of drug-likeness (QED) is 0.338. The minimum atomic E-state index is -0.322. The SMILES string of the molecule is CN=C(NCc1ncccc1F)NCC(c1cccc(OC)c1)N1CCCC1.I. The summed E-state index contributed by atoms with van der Waals surface area (Å²) in [6, 6.07) is 11.4. The van der Waals surface area contributed by atoms with Gasteiger partial charge in [-0.1, -0.05) is 12.1 Å². The lowest BCUT2D eigenvalue weighted by Crippen LogP contribution is -2.42. The Morgan fingerprint density at radius 2 is 2.03 bits per heavy atom. The number of methoxy groups -OCH3 is 1. The van der Waals surface area contributed by atoms with Crippen LogP contribution in [0, 0.1) is 5.82 Å². The van der Waals surface area contributed by atoms with Crippen LogP contribution in [0.1, 0.15) is 30.1 Å². The van der Waals surface area contributed by atoms with Gasteiger partial charge in [0.1, 0.15) is 11.6 Å². The Morgan fingerprint density at radius 3 is 2.72 bits per heavy atom. The number of likely N-dealkylation sites (tertiary alicyclic amines) is 1. The van der Waals surface area contributed by atoms with Crippen LogP contribution in [0.15, 0.2) is 47.6 Å². The maximum atomic E-state index is 13.8. The fourth-order valence-corrected chi connectivity index (χ4v) is 3.49. The van der Waals surface area contributed by atoms with Gasteiger partial charge in [0.2, 0.25) is 0 Å². The maximum absolute atomic E-state index is 13.8. The molecular weight excluding hydrogens is 484 g/mol. The fourth-order valence-electron chi connectivity index (χ4n) is 3.49. The first kappa shape index (κ1) is 23.3. The molecule has 1 unspecified atom stereocenters. The zero-order valence-corrected chi connectivity index (χ0v) is 19.2. The van der Waals surface area contributed by atoms with Crippen LogP contribution in [0.3, 0.4) is 0 Å². The van der Waals surface area contributed by atoms with E-state index in [0.29, 0.717) is 18.2 Å². The van der Waals surface area contributed by atoms with E-state index >= 15 is 0 Å². The summed E-state index contributed by atoms with van der Waals surface area (Å²) in [5.41, 5.74) is 1.58. The molecule has 0 bridgehead atoms. The Kier molecular flexibility index (Phi) is 9.59. The van der Waals surface area contributed by atoms with Gasteiger partial charge >= 0.3 is 0 Å². The summed E-state index contributed by atoms with van der Waals surface area (Å²) in [6.45, 7) is 3.13. The van der Waals surface area contributed by atoms with Crippen molar-refractivity contribution in [1.29, 1.82) is 0 Å². The highest BCUT2D eigenvalue weighted by molar-refractivity contribution is 14.0. The van der Waals surface area contributed by atoms with Crippen LogP contribution in [-0.4, -0.2) is 49.6 Å². The van der Waals surface area contributed by atoms with E-state index in [1.807, 2.05) is 12.1 Å². The number of aromatic nitrogens is 1. The number of pyridine rings is 1. The summed E-state index contributed by atoms with van der Waals surface area (Å²) in [6.07, 6.45) is 4.02. The Morgan fingerprint density at radius 1 is 1.24 bits per heavy atom. The third-order valence-electron chi connectivity index (χ3n) is 5.00. The van der Waals surface area contributed by atoms with E-state index in [0.717, 1.165) is 18.8 Å². The molecule has 0 aliphatic carbocycles. The molecule has 0 amide bonds. The van der Waals surface area contributed by atoms with Gasteiger partial charge in [0.15, 0.2) is 5.96 Å². The van der Waals surface area contributed by atoms with Crippen LogP contribution in [0.5, 0.6) is 5.75 Å². The van der Waals surface area contributed by atoms with E-state index < -0.39 is 0 Å².